The van der Waals surface area contributed by atoms with Gasteiger partial charge in [0, 0.05) is 6.20 Å². The molecule has 0 fully saturated rings. The molecule has 0 saturated carbocycles. The number of rotatable bonds is 3. The van der Waals surface area contributed by atoms with Crippen LogP contribution in [0.25, 0.3) is 0 Å². The molecule has 0 bridgehead atoms. The molecule has 0 aliphatic rings. The number of thiophene rings is 1. The molecule has 0 atom stereocenters. The molecule has 14 heavy (non-hydrogen) atoms. The summed E-state index contributed by atoms with van der Waals surface area (Å²) >= 11 is 1.47. The van der Waals surface area contributed by atoms with E-state index in [1.54, 1.807) is 4.68 Å². The van der Waals surface area contributed by atoms with Gasteiger partial charge in [0.05, 0.1) is 10.6 Å². The lowest BCUT2D eigenvalue weighted by atomic mass is 10.3. The fraction of sp³-hybridized carbons (Fsp3) is 0.200. The second-order valence-electron chi connectivity index (χ2n) is 3.06. The minimum atomic E-state index is 0.114. The molecule has 0 unspecified atom stereocenters. The predicted octanol–water partition coefficient (Wildman–Crippen LogP) is 2.14. The summed E-state index contributed by atoms with van der Waals surface area (Å²) in [4.78, 5) is 12.4. The summed E-state index contributed by atoms with van der Waals surface area (Å²) in [7, 11) is 0. The van der Waals surface area contributed by atoms with E-state index in [1.807, 2.05) is 36.7 Å². The van der Waals surface area contributed by atoms with Crippen LogP contribution in [-0.2, 0) is 6.54 Å². The van der Waals surface area contributed by atoms with Crippen LogP contribution >= 0.6 is 11.3 Å². The summed E-state index contributed by atoms with van der Waals surface area (Å²) in [6.45, 7) is 2.24. The Morgan fingerprint density at radius 1 is 1.57 bits per heavy atom. The van der Waals surface area contributed by atoms with E-state index in [1.165, 1.54) is 11.3 Å². The third-order valence-corrected chi connectivity index (χ3v) is 2.79. The Hall–Kier alpha value is -1.42. The Morgan fingerprint density at radius 3 is 3.00 bits per heavy atom. The van der Waals surface area contributed by atoms with Crippen LogP contribution in [0.2, 0.25) is 0 Å². The lowest BCUT2D eigenvalue weighted by molar-refractivity contribution is 0.0971. The van der Waals surface area contributed by atoms with E-state index in [0.717, 1.165) is 10.6 Å². The van der Waals surface area contributed by atoms with E-state index >= 15 is 0 Å². The Bertz CT molecular complexity index is 431. The highest BCUT2D eigenvalue weighted by molar-refractivity contribution is 7.12. The lowest BCUT2D eigenvalue weighted by Crippen LogP contribution is -2.09. The fourth-order valence-corrected chi connectivity index (χ4v) is 1.87. The molecule has 2 aromatic heterocycles. The molecule has 2 rings (SSSR count). The van der Waals surface area contributed by atoms with Gasteiger partial charge in [-0.3, -0.25) is 9.48 Å². The molecule has 0 aliphatic carbocycles. The van der Waals surface area contributed by atoms with E-state index in [-0.39, 0.29) is 5.78 Å². The first kappa shape index (κ1) is 9.15. The molecular weight excluding hydrogens is 196 g/mol. The molecule has 0 saturated heterocycles. The van der Waals surface area contributed by atoms with E-state index < -0.39 is 0 Å². The van der Waals surface area contributed by atoms with Crippen molar-refractivity contribution >= 4 is 17.1 Å². The number of Topliss-reactive ketones (excluding diaryl/α,β-unsaturated/α-hetero) is 1. The standard InChI is InChI=1S/C10H10N2OS/c1-8-4-5-12(11-8)7-9(13)10-3-2-6-14-10/h2-6H,7H2,1H3. The molecule has 2 aromatic rings. The minimum absolute atomic E-state index is 0.114. The number of hydrogen-bond acceptors (Lipinski definition) is 3. The van der Waals surface area contributed by atoms with Crippen LogP contribution in [0.5, 0.6) is 0 Å². The Kier molecular flexibility index (Phi) is 2.45. The topological polar surface area (TPSA) is 34.9 Å². The van der Waals surface area contributed by atoms with Crippen molar-refractivity contribution in [3.63, 3.8) is 0 Å². The molecule has 0 aromatic carbocycles. The zero-order chi connectivity index (χ0) is 9.97. The highest BCUT2D eigenvalue weighted by atomic mass is 32.1. The summed E-state index contributed by atoms with van der Waals surface area (Å²) < 4.78 is 1.66. The second kappa shape index (κ2) is 3.75. The minimum Gasteiger partial charge on any atom is -0.291 e. The zero-order valence-electron chi connectivity index (χ0n) is 7.80. The molecule has 0 N–H and O–H groups in total. The van der Waals surface area contributed by atoms with Gasteiger partial charge in [0.2, 0.25) is 0 Å². The summed E-state index contributed by atoms with van der Waals surface area (Å²) in [5, 5.41) is 6.07. The van der Waals surface area contributed by atoms with Gasteiger partial charge in [-0.2, -0.15) is 5.10 Å². The van der Waals surface area contributed by atoms with Gasteiger partial charge in [0.25, 0.3) is 0 Å². The molecule has 0 aliphatic heterocycles. The molecule has 0 spiro atoms. The number of aryl methyl sites for hydroxylation is 1. The van der Waals surface area contributed by atoms with Crippen molar-refractivity contribution in [2.75, 3.05) is 0 Å². The molecular formula is C10H10N2OS. The number of hydrogen-bond donors (Lipinski definition) is 0. The first-order chi connectivity index (χ1) is 6.75. The largest absolute Gasteiger partial charge is 0.291 e. The molecule has 2 heterocycles. The maximum Gasteiger partial charge on any atom is 0.194 e. The molecule has 0 amide bonds. The van der Waals surface area contributed by atoms with E-state index in [2.05, 4.69) is 5.10 Å². The van der Waals surface area contributed by atoms with Gasteiger partial charge >= 0.3 is 0 Å². The van der Waals surface area contributed by atoms with Crippen molar-refractivity contribution in [3.05, 3.63) is 40.3 Å². The van der Waals surface area contributed by atoms with Crippen molar-refractivity contribution in [2.24, 2.45) is 0 Å². The number of aromatic nitrogens is 2. The number of carbonyl (C=O) groups excluding carboxylic acids is 1. The van der Waals surface area contributed by atoms with Gasteiger partial charge in [-0.1, -0.05) is 6.07 Å². The summed E-state index contributed by atoms with van der Waals surface area (Å²) in [5.74, 6) is 0.114. The Morgan fingerprint density at radius 2 is 2.43 bits per heavy atom. The van der Waals surface area contributed by atoms with Crippen LogP contribution in [0.1, 0.15) is 15.4 Å². The van der Waals surface area contributed by atoms with Crippen molar-refractivity contribution in [2.45, 2.75) is 13.5 Å². The van der Waals surface area contributed by atoms with Crippen LogP contribution < -0.4 is 0 Å². The second-order valence-corrected chi connectivity index (χ2v) is 4.00. The summed E-state index contributed by atoms with van der Waals surface area (Å²) in [6.07, 6.45) is 1.82. The summed E-state index contributed by atoms with van der Waals surface area (Å²) in [5.41, 5.74) is 0.934. The van der Waals surface area contributed by atoms with Gasteiger partial charge in [-0.15, -0.1) is 11.3 Å². The van der Waals surface area contributed by atoms with Crippen molar-refractivity contribution in [1.29, 1.82) is 0 Å². The van der Waals surface area contributed by atoms with E-state index in [0.29, 0.717) is 6.54 Å². The fourth-order valence-electron chi connectivity index (χ4n) is 1.21. The Balaban J connectivity index is 2.09. The van der Waals surface area contributed by atoms with Gasteiger partial charge in [0.15, 0.2) is 5.78 Å². The Labute approximate surface area is 86.0 Å². The monoisotopic (exact) mass is 206 g/mol. The average Bonchev–Trinajstić information content (AvgIpc) is 2.75. The quantitative estimate of drug-likeness (QED) is 0.721. The van der Waals surface area contributed by atoms with Crippen molar-refractivity contribution in [1.82, 2.24) is 9.78 Å². The van der Waals surface area contributed by atoms with E-state index in [4.69, 9.17) is 0 Å². The average molecular weight is 206 g/mol. The first-order valence-electron chi connectivity index (χ1n) is 4.32. The van der Waals surface area contributed by atoms with Crippen LogP contribution in [0.4, 0.5) is 0 Å². The molecule has 4 heteroatoms. The SMILES string of the molecule is Cc1ccn(CC(=O)c2cccs2)n1. The first-order valence-corrected chi connectivity index (χ1v) is 5.20. The highest BCUT2D eigenvalue weighted by Gasteiger charge is 2.07. The molecule has 0 radical (unpaired) electrons. The highest BCUT2D eigenvalue weighted by Crippen LogP contribution is 2.10. The van der Waals surface area contributed by atoms with Crippen molar-refractivity contribution < 1.29 is 4.79 Å². The normalized spacial score (nSPS) is 10.4. The zero-order valence-corrected chi connectivity index (χ0v) is 8.62. The maximum atomic E-state index is 11.6. The third-order valence-electron chi connectivity index (χ3n) is 1.88. The van der Waals surface area contributed by atoms with Crippen molar-refractivity contribution in [3.8, 4) is 0 Å². The third kappa shape index (κ3) is 1.90. The van der Waals surface area contributed by atoms with Gasteiger partial charge in [0.1, 0.15) is 6.54 Å². The van der Waals surface area contributed by atoms with Crippen LogP contribution in [0.15, 0.2) is 29.8 Å². The van der Waals surface area contributed by atoms with Gasteiger partial charge < -0.3 is 0 Å². The van der Waals surface area contributed by atoms with Gasteiger partial charge in [-0.25, -0.2) is 0 Å². The number of ketones is 1. The lowest BCUT2D eigenvalue weighted by Gasteiger charge is -1.97. The van der Waals surface area contributed by atoms with Gasteiger partial charge in [-0.05, 0) is 24.4 Å². The van der Waals surface area contributed by atoms with Crippen LogP contribution in [0, 0.1) is 6.92 Å². The molecule has 72 valence electrons. The molecule has 3 nitrogen and oxygen atoms in total. The maximum absolute atomic E-state index is 11.6. The summed E-state index contributed by atoms with van der Waals surface area (Å²) in [6, 6.07) is 5.61. The number of carbonyl (C=O) groups is 1. The van der Waals surface area contributed by atoms with E-state index in [9.17, 15) is 4.79 Å². The van der Waals surface area contributed by atoms with Crippen LogP contribution in [0.3, 0.4) is 0 Å². The predicted molar refractivity (Wildman–Crippen MR) is 55.6 cm³/mol. The smallest absolute Gasteiger partial charge is 0.194 e. The number of nitrogens with zero attached hydrogens (tertiary/aromatic N) is 2. The van der Waals surface area contributed by atoms with Crippen LogP contribution in [-0.4, -0.2) is 15.6 Å².